The molecule has 1 amide bonds. The van der Waals surface area contributed by atoms with E-state index in [1.54, 1.807) is 13.4 Å². The first-order valence-corrected chi connectivity index (χ1v) is 6.58. The highest BCUT2D eigenvalue weighted by Gasteiger charge is 2.05. The Kier molecular flexibility index (Phi) is 8.55. The number of ether oxygens (including phenoxy) is 1. The van der Waals surface area contributed by atoms with Gasteiger partial charge in [-0.3, -0.25) is 9.00 Å². The zero-order valence-electron chi connectivity index (χ0n) is 9.54. The molecule has 0 aromatic rings. The molecule has 0 rings (SSSR count). The first-order chi connectivity index (χ1) is 7.06. The molecule has 15 heavy (non-hydrogen) atoms. The summed E-state index contributed by atoms with van der Waals surface area (Å²) in [5.41, 5.74) is 0. The fourth-order valence-electron chi connectivity index (χ4n) is 1.04. The van der Waals surface area contributed by atoms with Crippen LogP contribution in [-0.4, -0.2) is 55.0 Å². The van der Waals surface area contributed by atoms with E-state index in [0.717, 1.165) is 0 Å². The summed E-state index contributed by atoms with van der Waals surface area (Å²) in [7, 11) is 0.786. The van der Waals surface area contributed by atoms with Crippen LogP contribution in [0.15, 0.2) is 0 Å². The van der Waals surface area contributed by atoms with Crippen LogP contribution in [0.1, 0.15) is 6.92 Å². The fourth-order valence-corrected chi connectivity index (χ4v) is 1.47. The van der Waals surface area contributed by atoms with Gasteiger partial charge in [0.2, 0.25) is 5.91 Å². The molecule has 0 aliphatic heterocycles. The Balaban J connectivity index is 3.44. The van der Waals surface area contributed by atoms with Crippen molar-refractivity contribution in [2.75, 3.05) is 38.8 Å². The van der Waals surface area contributed by atoms with E-state index in [4.69, 9.17) is 4.74 Å². The van der Waals surface area contributed by atoms with Gasteiger partial charge in [-0.1, -0.05) is 0 Å². The van der Waals surface area contributed by atoms with Crippen molar-refractivity contribution in [3.63, 3.8) is 0 Å². The summed E-state index contributed by atoms with van der Waals surface area (Å²) >= 11 is 0. The van der Waals surface area contributed by atoms with Crippen LogP contribution in [-0.2, 0) is 20.3 Å². The van der Waals surface area contributed by atoms with Crippen molar-refractivity contribution in [3.8, 4) is 0 Å². The topological polar surface area (TPSA) is 67.4 Å². The number of methoxy groups -OCH3 is 1. The van der Waals surface area contributed by atoms with E-state index >= 15 is 0 Å². The Labute approximate surface area is 93.4 Å². The highest BCUT2D eigenvalue weighted by molar-refractivity contribution is 7.84. The summed E-state index contributed by atoms with van der Waals surface area (Å²) in [6.07, 6.45) is 1.64. The molecule has 2 unspecified atom stereocenters. The summed E-state index contributed by atoms with van der Waals surface area (Å²) in [4.78, 5) is 11.3. The van der Waals surface area contributed by atoms with Gasteiger partial charge < -0.3 is 15.4 Å². The Morgan fingerprint density at radius 2 is 2.20 bits per heavy atom. The quantitative estimate of drug-likeness (QED) is 0.536. The lowest BCUT2D eigenvalue weighted by Crippen LogP contribution is -2.41. The molecule has 0 spiro atoms. The van der Waals surface area contributed by atoms with Crippen molar-refractivity contribution >= 4 is 16.7 Å². The first-order valence-electron chi connectivity index (χ1n) is 4.85. The second-order valence-electron chi connectivity index (χ2n) is 3.38. The van der Waals surface area contributed by atoms with Gasteiger partial charge in [0.25, 0.3) is 0 Å². The number of nitrogens with one attached hydrogen (secondary N) is 2. The highest BCUT2D eigenvalue weighted by atomic mass is 32.2. The summed E-state index contributed by atoms with van der Waals surface area (Å²) < 4.78 is 15.6. The number of hydrogen-bond donors (Lipinski definition) is 2. The normalized spacial score (nSPS) is 14.6. The van der Waals surface area contributed by atoms with Gasteiger partial charge >= 0.3 is 0 Å². The van der Waals surface area contributed by atoms with Crippen LogP contribution < -0.4 is 10.6 Å². The maximum Gasteiger partial charge on any atom is 0.234 e. The Hall–Kier alpha value is -0.460. The number of amides is 1. The molecule has 90 valence electrons. The molecule has 0 aromatic carbocycles. The molecule has 2 N–H and O–H groups in total. The van der Waals surface area contributed by atoms with E-state index in [2.05, 4.69) is 10.6 Å². The van der Waals surface area contributed by atoms with Gasteiger partial charge in [0.15, 0.2) is 0 Å². The van der Waals surface area contributed by atoms with Gasteiger partial charge in [-0.05, 0) is 6.92 Å². The lowest BCUT2D eigenvalue weighted by molar-refractivity contribution is -0.121. The average molecular weight is 236 g/mol. The second kappa shape index (κ2) is 8.82. The fraction of sp³-hybridized carbons (Fsp3) is 0.889. The number of hydrogen-bond acceptors (Lipinski definition) is 4. The van der Waals surface area contributed by atoms with Gasteiger partial charge in [0, 0.05) is 42.5 Å². The number of carbonyl (C=O) groups is 1. The number of rotatable bonds is 8. The second-order valence-corrected chi connectivity index (χ2v) is 4.93. The predicted octanol–water partition coefficient (Wildman–Crippen LogP) is -0.894. The van der Waals surface area contributed by atoms with Crippen molar-refractivity contribution < 1.29 is 13.7 Å². The van der Waals surface area contributed by atoms with Crippen molar-refractivity contribution in [1.82, 2.24) is 10.6 Å². The van der Waals surface area contributed by atoms with E-state index in [1.807, 2.05) is 6.92 Å². The van der Waals surface area contributed by atoms with Crippen molar-refractivity contribution in [3.05, 3.63) is 0 Å². The van der Waals surface area contributed by atoms with Crippen LogP contribution in [0.4, 0.5) is 0 Å². The van der Waals surface area contributed by atoms with Crippen molar-refractivity contribution in [2.45, 2.75) is 13.0 Å². The standard InChI is InChI=1S/C9H20N2O3S/c1-8(7-14-2)11-9(12)6-10-4-5-15(3)13/h8,10H,4-7H2,1-3H3,(H,11,12). The molecular formula is C9H20N2O3S. The Morgan fingerprint density at radius 1 is 1.53 bits per heavy atom. The molecule has 0 saturated carbocycles. The Bertz CT molecular complexity index is 212. The molecule has 0 radical (unpaired) electrons. The molecule has 0 fully saturated rings. The predicted molar refractivity (Wildman–Crippen MR) is 61.3 cm³/mol. The van der Waals surface area contributed by atoms with Crippen LogP contribution in [0.2, 0.25) is 0 Å². The average Bonchev–Trinajstić information content (AvgIpc) is 2.12. The lowest BCUT2D eigenvalue weighted by atomic mass is 10.3. The third-order valence-electron chi connectivity index (χ3n) is 1.68. The summed E-state index contributed by atoms with van der Waals surface area (Å²) in [6.45, 7) is 3.23. The molecule has 2 atom stereocenters. The van der Waals surface area contributed by atoms with Crippen LogP contribution >= 0.6 is 0 Å². The summed E-state index contributed by atoms with van der Waals surface area (Å²) in [5.74, 6) is 0.502. The molecule has 0 aromatic heterocycles. The molecule has 0 aliphatic carbocycles. The van der Waals surface area contributed by atoms with E-state index in [0.29, 0.717) is 18.9 Å². The number of carbonyl (C=O) groups excluding carboxylic acids is 1. The minimum absolute atomic E-state index is 0.0182. The van der Waals surface area contributed by atoms with Crippen LogP contribution in [0, 0.1) is 0 Å². The minimum atomic E-state index is -0.808. The smallest absolute Gasteiger partial charge is 0.234 e. The van der Waals surface area contributed by atoms with Gasteiger partial charge in [-0.25, -0.2) is 0 Å². The summed E-state index contributed by atoms with van der Waals surface area (Å²) in [6, 6.07) is 0.0182. The van der Waals surface area contributed by atoms with E-state index in [1.165, 1.54) is 0 Å². The van der Waals surface area contributed by atoms with Crippen LogP contribution in [0.25, 0.3) is 0 Å². The summed E-state index contributed by atoms with van der Waals surface area (Å²) in [5, 5.41) is 5.68. The van der Waals surface area contributed by atoms with Crippen LogP contribution in [0.5, 0.6) is 0 Å². The molecule has 0 aliphatic rings. The highest BCUT2D eigenvalue weighted by Crippen LogP contribution is 1.81. The third-order valence-corrected chi connectivity index (χ3v) is 2.45. The maximum atomic E-state index is 11.3. The van der Waals surface area contributed by atoms with Gasteiger partial charge in [0.1, 0.15) is 0 Å². The van der Waals surface area contributed by atoms with E-state index in [-0.39, 0.29) is 18.5 Å². The van der Waals surface area contributed by atoms with Gasteiger partial charge in [-0.15, -0.1) is 0 Å². The van der Waals surface area contributed by atoms with Crippen molar-refractivity contribution in [1.29, 1.82) is 0 Å². The zero-order chi connectivity index (χ0) is 11.7. The van der Waals surface area contributed by atoms with E-state index in [9.17, 15) is 9.00 Å². The first kappa shape index (κ1) is 14.5. The third kappa shape index (κ3) is 9.84. The largest absolute Gasteiger partial charge is 0.383 e. The molecule has 6 heteroatoms. The minimum Gasteiger partial charge on any atom is -0.383 e. The molecule has 0 saturated heterocycles. The lowest BCUT2D eigenvalue weighted by Gasteiger charge is -2.12. The van der Waals surface area contributed by atoms with Crippen molar-refractivity contribution in [2.24, 2.45) is 0 Å². The monoisotopic (exact) mass is 236 g/mol. The van der Waals surface area contributed by atoms with E-state index < -0.39 is 10.8 Å². The SMILES string of the molecule is COCC(C)NC(=O)CNCCS(C)=O. The maximum absolute atomic E-state index is 11.3. The zero-order valence-corrected chi connectivity index (χ0v) is 10.4. The van der Waals surface area contributed by atoms with Gasteiger partial charge in [-0.2, -0.15) is 0 Å². The molecule has 5 nitrogen and oxygen atoms in total. The molecule has 0 heterocycles. The molecule has 0 bridgehead atoms. The molecular weight excluding hydrogens is 216 g/mol. The van der Waals surface area contributed by atoms with Crippen LogP contribution in [0.3, 0.4) is 0 Å². The Morgan fingerprint density at radius 3 is 2.73 bits per heavy atom. The van der Waals surface area contributed by atoms with Gasteiger partial charge in [0.05, 0.1) is 13.2 Å².